The highest BCUT2D eigenvalue weighted by atomic mass is 32.2. The summed E-state index contributed by atoms with van der Waals surface area (Å²) in [6.45, 7) is 3.29. The van der Waals surface area contributed by atoms with Gasteiger partial charge in [-0.2, -0.15) is 0 Å². The van der Waals surface area contributed by atoms with Gasteiger partial charge in [0.25, 0.3) is 0 Å². The highest BCUT2D eigenvalue weighted by Gasteiger charge is 2.45. The number of pyridine rings is 1. The Morgan fingerprint density at radius 3 is 2.82 bits per heavy atom. The molecule has 2 aliphatic heterocycles. The zero-order valence-electron chi connectivity index (χ0n) is 12.8. The summed E-state index contributed by atoms with van der Waals surface area (Å²) < 4.78 is 37.2. The van der Waals surface area contributed by atoms with Gasteiger partial charge in [-0.3, -0.25) is 0 Å². The Labute approximate surface area is 131 Å². The first-order valence-electron chi connectivity index (χ1n) is 7.72. The van der Waals surface area contributed by atoms with Crippen molar-refractivity contribution in [3.8, 4) is 5.88 Å². The molecule has 2 aliphatic rings. The molecule has 1 atom stereocenters. The van der Waals surface area contributed by atoms with E-state index in [9.17, 15) is 8.42 Å². The van der Waals surface area contributed by atoms with E-state index >= 15 is 0 Å². The lowest BCUT2D eigenvalue weighted by Gasteiger charge is -2.37. The van der Waals surface area contributed by atoms with E-state index in [2.05, 4.69) is 4.98 Å². The van der Waals surface area contributed by atoms with Crippen molar-refractivity contribution in [1.82, 2.24) is 9.29 Å². The third-order valence-electron chi connectivity index (χ3n) is 4.49. The molecule has 1 aromatic rings. The van der Waals surface area contributed by atoms with E-state index in [4.69, 9.17) is 9.47 Å². The lowest BCUT2D eigenvalue weighted by molar-refractivity contribution is -0.0320. The number of ether oxygens (including phenoxy) is 2. The standard InChI is InChI=1S/C15H22N2O4S/c1-2-22(18,19)17-9-6-15(7-10-17)11-13(12-20-15)21-14-5-3-4-8-16-14/h3-5,8,13H,2,6-7,9-12H2,1H3/t13-/m0/s1. The second kappa shape index (κ2) is 6.14. The third kappa shape index (κ3) is 3.26. The average Bonchev–Trinajstić information content (AvgIpc) is 2.91. The molecular formula is C15H22N2O4S. The molecule has 0 aliphatic carbocycles. The number of hydrogen-bond donors (Lipinski definition) is 0. The fourth-order valence-corrected chi connectivity index (χ4v) is 4.27. The normalized spacial score (nSPS) is 25.4. The van der Waals surface area contributed by atoms with Gasteiger partial charge < -0.3 is 9.47 Å². The van der Waals surface area contributed by atoms with Crippen LogP contribution in [0.4, 0.5) is 0 Å². The molecule has 122 valence electrons. The fourth-order valence-electron chi connectivity index (χ4n) is 3.17. The topological polar surface area (TPSA) is 68.7 Å². The van der Waals surface area contributed by atoms with Gasteiger partial charge in [0.1, 0.15) is 6.10 Å². The Bertz CT molecular complexity index is 597. The van der Waals surface area contributed by atoms with Crippen molar-refractivity contribution in [1.29, 1.82) is 0 Å². The van der Waals surface area contributed by atoms with Crippen LogP contribution in [-0.2, 0) is 14.8 Å². The molecule has 0 radical (unpaired) electrons. The van der Waals surface area contributed by atoms with Gasteiger partial charge in [0.05, 0.1) is 18.0 Å². The van der Waals surface area contributed by atoms with Gasteiger partial charge in [0.15, 0.2) is 0 Å². The van der Waals surface area contributed by atoms with Crippen molar-refractivity contribution < 1.29 is 17.9 Å². The van der Waals surface area contributed by atoms with Crippen LogP contribution < -0.4 is 4.74 Å². The molecule has 1 aromatic heterocycles. The van der Waals surface area contributed by atoms with Crippen molar-refractivity contribution in [2.75, 3.05) is 25.4 Å². The summed E-state index contributed by atoms with van der Waals surface area (Å²) >= 11 is 0. The summed E-state index contributed by atoms with van der Waals surface area (Å²) in [6, 6.07) is 5.58. The van der Waals surface area contributed by atoms with E-state index in [0.29, 0.717) is 25.6 Å². The summed E-state index contributed by atoms with van der Waals surface area (Å²) in [7, 11) is -3.09. The van der Waals surface area contributed by atoms with Gasteiger partial charge in [0, 0.05) is 31.8 Å². The van der Waals surface area contributed by atoms with E-state index in [1.807, 2.05) is 18.2 Å². The van der Waals surface area contributed by atoms with Gasteiger partial charge in [0.2, 0.25) is 15.9 Å². The van der Waals surface area contributed by atoms with Crippen LogP contribution in [0.25, 0.3) is 0 Å². The van der Waals surface area contributed by atoms with Crippen molar-refractivity contribution in [2.45, 2.75) is 37.9 Å². The molecule has 0 aromatic carbocycles. The molecular weight excluding hydrogens is 304 g/mol. The molecule has 1 spiro atoms. The molecule has 2 saturated heterocycles. The van der Waals surface area contributed by atoms with E-state index in [1.54, 1.807) is 17.4 Å². The Kier molecular flexibility index (Phi) is 4.38. The van der Waals surface area contributed by atoms with Gasteiger partial charge in [-0.25, -0.2) is 17.7 Å². The SMILES string of the molecule is CCS(=O)(=O)N1CCC2(CC1)C[C@H](Oc1ccccn1)CO2. The molecule has 0 unspecified atom stereocenters. The Hall–Kier alpha value is -1.18. The van der Waals surface area contributed by atoms with Crippen LogP contribution in [0.1, 0.15) is 26.2 Å². The molecule has 0 bridgehead atoms. The molecule has 3 heterocycles. The molecule has 6 nitrogen and oxygen atoms in total. The minimum absolute atomic E-state index is 0.00997. The van der Waals surface area contributed by atoms with Gasteiger partial charge >= 0.3 is 0 Å². The summed E-state index contributed by atoms with van der Waals surface area (Å²) in [5, 5.41) is 0. The van der Waals surface area contributed by atoms with E-state index in [-0.39, 0.29) is 17.5 Å². The third-order valence-corrected chi connectivity index (χ3v) is 6.37. The van der Waals surface area contributed by atoms with Crippen molar-refractivity contribution in [3.63, 3.8) is 0 Å². The number of piperidine rings is 1. The largest absolute Gasteiger partial charge is 0.472 e. The predicted molar refractivity (Wildman–Crippen MR) is 82.2 cm³/mol. The highest BCUT2D eigenvalue weighted by Crippen LogP contribution is 2.37. The zero-order valence-corrected chi connectivity index (χ0v) is 13.6. The summed E-state index contributed by atoms with van der Waals surface area (Å²) in [4.78, 5) is 4.17. The number of aromatic nitrogens is 1. The van der Waals surface area contributed by atoms with E-state index < -0.39 is 10.0 Å². The van der Waals surface area contributed by atoms with Crippen LogP contribution in [-0.4, -0.2) is 54.9 Å². The maximum absolute atomic E-state index is 11.9. The first-order valence-corrected chi connectivity index (χ1v) is 9.33. The number of rotatable bonds is 4. The molecule has 0 N–H and O–H groups in total. The molecule has 0 amide bonds. The molecule has 2 fully saturated rings. The van der Waals surface area contributed by atoms with E-state index in [1.165, 1.54) is 0 Å². The maximum Gasteiger partial charge on any atom is 0.213 e. The highest BCUT2D eigenvalue weighted by molar-refractivity contribution is 7.89. The van der Waals surface area contributed by atoms with Crippen LogP contribution in [0.2, 0.25) is 0 Å². The minimum atomic E-state index is -3.09. The Morgan fingerprint density at radius 1 is 1.41 bits per heavy atom. The molecule has 22 heavy (non-hydrogen) atoms. The zero-order chi connectivity index (χ0) is 15.6. The van der Waals surface area contributed by atoms with Crippen LogP contribution in [0.5, 0.6) is 5.88 Å². The van der Waals surface area contributed by atoms with Crippen molar-refractivity contribution >= 4 is 10.0 Å². The van der Waals surface area contributed by atoms with Crippen molar-refractivity contribution in [2.24, 2.45) is 0 Å². The Morgan fingerprint density at radius 2 is 2.18 bits per heavy atom. The van der Waals surface area contributed by atoms with Crippen molar-refractivity contribution in [3.05, 3.63) is 24.4 Å². The molecule has 7 heteroatoms. The minimum Gasteiger partial charge on any atom is -0.472 e. The first kappa shape index (κ1) is 15.7. The van der Waals surface area contributed by atoms with Crippen LogP contribution in [0.15, 0.2) is 24.4 Å². The number of sulfonamides is 1. The van der Waals surface area contributed by atoms with Crippen LogP contribution in [0, 0.1) is 0 Å². The lowest BCUT2D eigenvalue weighted by atomic mass is 9.89. The number of hydrogen-bond acceptors (Lipinski definition) is 5. The second-order valence-corrected chi connectivity index (χ2v) is 8.16. The monoisotopic (exact) mass is 326 g/mol. The van der Waals surface area contributed by atoms with Gasteiger partial charge in [-0.15, -0.1) is 0 Å². The predicted octanol–water partition coefficient (Wildman–Crippen LogP) is 1.43. The molecule has 3 rings (SSSR count). The van der Waals surface area contributed by atoms with E-state index in [0.717, 1.165) is 19.3 Å². The lowest BCUT2D eigenvalue weighted by Crippen LogP contribution is -2.47. The van der Waals surface area contributed by atoms with Crippen LogP contribution in [0.3, 0.4) is 0 Å². The average molecular weight is 326 g/mol. The molecule has 0 saturated carbocycles. The summed E-state index contributed by atoms with van der Waals surface area (Å²) in [5.74, 6) is 0.769. The summed E-state index contributed by atoms with van der Waals surface area (Å²) in [6.07, 6.45) is 3.95. The summed E-state index contributed by atoms with van der Waals surface area (Å²) in [5.41, 5.74) is -0.237. The smallest absolute Gasteiger partial charge is 0.213 e. The quantitative estimate of drug-likeness (QED) is 0.837. The second-order valence-electron chi connectivity index (χ2n) is 5.91. The van der Waals surface area contributed by atoms with Gasteiger partial charge in [-0.1, -0.05) is 6.07 Å². The number of nitrogens with zero attached hydrogens (tertiary/aromatic N) is 2. The first-order chi connectivity index (χ1) is 10.5. The van der Waals surface area contributed by atoms with Gasteiger partial charge in [-0.05, 0) is 25.8 Å². The fraction of sp³-hybridized carbons (Fsp3) is 0.667. The maximum atomic E-state index is 11.9. The Balaban J connectivity index is 1.57. The van der Waals surface area contributed by atoms with Crippen LogP contribution >= 0.6 is 0 Å².